The lowest BCUT2D eigenvalue weighted by atomic mass is 10.2. The Bertz CT molecular complexity index is 603. The molecule has 0 spiro atoms. The zero-order valence-corrected chi connectivity index (χ0v) is 10.9. The van der Waals surface area contributed by atoms with Gasteiger partial charge in [-0.1, -0.05) is 15.9 Å². The van der Waals surface area contributed by atoms with Crippen LogP contribution >= 0.6 is 15.9 Å². The summed E-state index contributed by atoms with van der Waals surface area (Å²) in [5.41, 5.74) is 5.83. The van der Waals surface area contributed by atoms with Crippen molar-refractivity contribution in [2.24, 2.45) is 5.73 Å². The number of aromatic nitrogens is 1. The molecular weight excluding hydrogens is 302 g/mol. The predicted octanol–water partition coefficient (Wildman–Crippen LogP) is 2.24. The maximum Gasteiger partial charge on any atom is 0.329 e. The number of rotatable bonds is 4. The molecule has 6 nitrogen and oxygen atoms in total. The molecule has 0 saturated heterocycles. The fourth-order valence-corrected chi connectivity index (χ4v) is 1.93. The van der Waals surface area contributed by atoms with Crippen LogP contribution < -0.4 is 10.5 Å². The van der Waals surface area contributed by atoms with E-state index in [0.717, 1.165) is 4.47 Å². The molecule has 18 heavy (non-hydrogen) atoms. The van der Waals surface area contributed by atoms with Crippen LogP contribution in [0.4, 0.5) is 5.69 Å². The fourth-order valence-electron chi connectivity index (χ4n) is 1.57. The second kappa shape index (κ2) is 5.28. The van der Waals surface area contributed by atoms with Crippen molar-refractivity contribution in [3.05, 3.63) is 39.0 Å². The summed E-state index contributed by atoms with van der Waals surface area (Å²) in [6.07, 6.45) is 1.20. The molecule has 0 unspecified atom stereocenters. The molecule has 2 N–H and O–H groups in total. The second-order valence-corrected chi connectivity index (χ2v) is 4.44. The molecule has 0 atom stereocenters. The molecule has 0 aliphatic heterocycles. The smallest absolute Gasteiger partial charge is 0.329 e. The quantitative estimate of drug-likeness (QED) is 0.690. The highest BCUT2D eigenvalue weighted by molar-refractivity contribution is 9.10. The van der Waals surface area contributed by atoms with Gasteiger partial charge < -0.3 is 10.5 Å². The van der Waals surface area contributed by atoms with Crippen LogP contribution in [-0.4, -0.2) is 23.1 Å². The average molecular weight is 312 g/mol. The highest BCUT2D eigenvalue weighted by Crippen LogP contribution is 2.35. The third kappa shape index (κ3) is 2.41. The summed E-state index contributed by atoms with van der Waals surface area (Å²) in [6.45, 7) is 0.501. The van der Waals surface area contributed by atoms with Crippen LogP contribution in [0.5, 0.6) is 5.75 Å². The molecule has 0 aliphatic rings. The number of nitrogens with zero attached hydrogens (tertiary/aromatic N) is 2. The molecule has 2 aromatic rings. The maximum atomic E-state index is 11.0. The lowest BCUT2D eigenvalue weighted by Crippen LogP contribution is -2.11. The molecule has 0 aliphatic carbocycles. The van der Waals surface area contributed by atoms with Crippen molar-refractivity contribution in [3.63, 3.8) is 0 Å². The molecule has 7 heteroatoms. The summed E-state index contributed by atoms with van der Waals surface area (Å²) in [4.78, 5) is 14.5. The molecule has 1 aromatic carbocycles. The van der Waals surface area contributed by atoms with Gasteiger partial charge in [-0.05, 0) is 18.2 Å². The first-order valence-electron chi connectivity index (χ1n) is 5.19. The largest absolute Gasteiger partial charge is 0.485 e. The van der Waals surface area contributed by atoms with Crippen LogP contribution in [0.2, 0.25) is 0 Å². The van der Waals surface area contributed by atoms with Crippen molar-refractivity contribution in [1.29, 1.82) is 0 Å². The van der Waals surface area contributed by atoms with Gasteiger partial charge in [-0.25, -0.2) is 4.98 Å². The zero-order chi connectivity index (χ0) is 13.1. The van der Waals surface area contributed by atoms with E-state index in [-0.39, 0.29) is 24.6 Å². The highest BCUT2D eigenvalue weighted by atomic mass is 79.9. The number of pyridine rings is 1. The SMILES string of the molecule is NCCOc1c([N+](=O)[O-])cnc2ccc(Br)cc12. The average Bonchev–Trinajstić information content (AvgIpc) is 2.35. The van der Waals surface area contributed by atoms with Crippen molar-refractivity contribution < 1.29 is 9.66 Å². The van der Waals surface area contributed by atoms with Crippen LogP contribution in [-0.2, 0) is 0 Å². The van der Waals surface area contributed by atoms with Crippen LogP contribution in [0, 0.1) is 10.1 Å². The van der Waals surface area contributed by atoms with Crippen molar-refractivity contribution >= 4 is 32.5 Å². The van der Waals surface area contributed by atoms with Crippen molar-refractivity contribution in [1.82, 2.24) is 4.98 Å². The molecule has 1 heterocycles. The number of ether oxygens (including phenoxy) is 1. The molecule has 0 radical (unpaired) electrons. The van der Waals surface area contributed by atoms with Gasteiger partial charge in [0, 0.05) is 11.0 Å². The van der Waals surface area contributed by atoms with E-state index in [1.165, 1.54) is 6.20 Å². The van der Waals surface area contributed by atoms with Crippen LogP contribution in [0.25, 0.3) is 10.9 Å². The van der Waals surface area contributed by atoms with E-state index in [1.54, 1.807) is 12.1 Å². The Morgan fingerprint density at radius 2 is 2.28 bits per heavy atom. The Morgan fingerprint density at radius 1 is 1.50 bits per heavy atom. The summed E-state index contributed by atoms with van der Waals surface area (Å²) in [5.74, 6) is 0.205. The highest BCUT2D eigenvalue weighted by Gasteiger charge is 2.19. The summed E-state index contributed by atoms with van der Waals surface area (Å²) in [5, 5.41) is 11.5. The van der Waals surface area contributed by atoms with Gasteiger partial charge in [0.05, 0.1) is 15.8 Å². The molecule has 0 fully saturated rings. The van der Waals surface area contributed by atoms with Gasteiger partial charge >= 0.3 is 5.69 Å². The van der Waals surface area contributed by atoms with E-state index in [4.69, 9.17) is 10.5 Å². The van der Waals surface area contributed by atoms with E-state index in [9.17, 15) is 10.1 Å². The number of benzene rings is 1. The van der Waals surface area contributed by atoms with Gasteiger partial charge in [0.2, 0.25) is 5.75 Å². The van der Waals surface area contributed by atoms with Crippen molar-refractivity contribution in [3.8, 4) is 5.75 Å². The number of fused-ring (bicyclic) bond motifs is 1. The topological polar surface area (TPSA) is 91.3 Å². The molecular formula is C11H10BrN3O3. The van der Waals surface area contributed by atoms with E-state index in [2.05, 4.69) is 20.9 Å². The van der Waals surface area contributed by atoms with Gasteiger partial charge in [-0.2, -0.15) is 0 Å². The Hall–Kier alpha value is -1.73. The third-order valence-electron chi connectivity index (χ3n) is 2.32. The second-order valence-electron chi connectivity index (χ2n) is 3.53. The van der Waals surface area contributed by atoms with E-state index >= 15 is 0 Å². The lowest BCUT2D eigenvalue weighted by molar-refractivity contribution is -0.386. The number of nitrogens with two attached hydrogens (primary N) is 1. The minimum absolute atomic E-state index is 0.158. The minimum Gasteiger partial charge on any atom is -0.485 e. The molecule has 0 saturated carbocycles. The van der Waals surface area contributed by atoms with E-state index in [0.29, 0.717) is 10.9 Å². The fraction of sp³-hybridized carbons (Fsp3) is 0.182. The summed E-state index contributed by atoms with van der Waals surface area (Å²) < 4.78 is 6.19. The summed E-state index contributed by atoms with van der Waals surface area (Å²) >= 11 is 3.32. The molecule has 2 rings (SSSR count). The van der Waals surface area contributed by atoms with E-state index in [1.807, 2.05) is 6.07 Å². The van der Waals surface area contributed by atoms with Crippen LogP contribution in [0.1, 0.15) is 0 Å². The normalized spacial score (nSPS) is 10.6. The number of halogens is 1. The molecule has 0 bridgehead atoms. The maximum absolute atomic E-state index is 11.0. The molecule has 94 valence electrons. The molecule has 1 aromatic heterocycles. The Kier molecular flexibility index (Phi) is 3.73. The van der Waals surface area contributed by atoms with Crippen LogP contribution in [0.15, 0.2) is 28.9 Å². The zero-order valence-electron chi connectivity index (χ0n) is 9.30. The van der Waals surface area contributed by atoms with Crippen molar-refractivity contribution in [2.75, 3.05) is 13.2 Å². The van der Waals surface area contributed by atoms with Gasteiger partial charge in [-0.15, -0.1) is 0 Å². The number of hydrogen-bond acceptors (Lipinski definition) is 5. The summed E-state index contributed by atoms with van der Waals surface area (Å²) in [6, 6.07) is 5.31. The third-order valence-corrected chi connectivity index (χ3v) is 2.82. The monoisotopic (exact) mass is 311 g/mol. The standard InChI is InChI=1S/C11H10BrN3O3/c12-7-1-2-9-8(5-7)11(18-4-3-13)10(6-14-9)15(16)17/h1-2,5-6H,3-4,13H2. The first-order chi connectivity index (χ1) is 8.63. The molecule has 0 amide bonds. The van der Waals surface area contributed by atoms with Gasteiger partial charge in [0.25, 0.3) is 0 Å². The Morgan fingerprint density at radius 3 is 2.94 bits per heavy atom. The van der Waals surface area contributed by atoms with Gasteiger partial charge in [0.15, 0.2) is 0 Å². The van der Waals surface area contributed by atoms with Crippen molar-refractivity contribution in [2.45, 2.75) is 0 Å². The number of nitro groups is 1. The lowest BCUT2D eigenvalue weighted by Gasteiger charge is -2.08. The Labute approximate surface area is 111 Å². The van der Waals surface area contributed by atoms with Gasteiger partial charge in [0.1, 0.15) is 12.8 Å². The Balaban J connectivity index is 2.66. The predicted molar refractivity (Wildman–Crippen MR) is 70.6 cm³/mol. The first-order valence-corrected chi connectivity index (χ1v) is 5.98. The minimum atomic E-state index is -0.515. The summed E-state index contributed by atoms with van der Waals surface area (Å²) in [7, 11) is 0. The van der Waals surface area contributed by atoms with Gasteiger partial charge in [-0.3, -0.25) is 10.1 Å². The number of hydrogen-bond donors (Lipinski definition) is 1. The van der Waals surface area contributed by atoms with Crippen LogP contribution in [0.3, 0.4) is 0 Å². The first kappa shape index (κ1) is 12.7. The van der Waals surface area contributed by atoms with E-state index < -0.39 is 4.92 Å².